The Kier molecular flexibility index (Phi) is 6.62. The molecule has 1 amide bonds. The maximum absolute atomic E-state index is 14.6. The lowest BCUT2D eigenvalue weighted by Gasteiger charge is -2.19. The van der Waals surface area contributed by atoms with E-state index in [0.29, 0.717) is 24.3 Å². The standard InChI is InChI=1S/C20H23FN2O2.ClH/c1-12-8-13(2)20(14(3)9-12)25-11-18(24)23-17-5-4-15-10-22-7-6-16(15)19(17)21;/h4-5,8-9,22H,6-7,10-11H2,1-3H3,(H,23,24);1H. The van der Waals surface area contributed by atoms with Gasteiger partial charge in [0.1, 0.15) is 11.6 Å². The van der Waals surface area contributed by atoms with E-state index in [2.05, 4.69) is 10.6 Å². The molecule has 26 heavy (non-hydrogen) atoms. The molecule has 1 aliphatic rings. The van der Waals surface area contributed by atoms with Crippen molar-refractivity contribution in [2.45, 2.75) is 33.7 Å². The lowest BCUT2D eigenvalue weighted by atomic mass is 9.99. The number of carbonyl (C=O) groups excluding carboxylic acids is 1. The molecule has 4 nitrogen and oxygen atoms in total. The van der Waals surface area contributed by atoms with E-state index in [1.54, 1.807) is 6.07 Å². The summed E-state index contributed by atoms with van der Waals surface area (Å²) < 4.78 is 20.2. The molecule has 0 aliphatic carbocycles. The van der Waals surface area contributed by atoms with Crippen molar-refractivity contribution in [1.82, 2.24) is 5.32 Å². The predicted octanol–water partition coefficient (Wildman–Crippen LogP) is 3.84. The SMILES string of the molecule is Cc1cc(C)c(OCC(=O)Nc2ccc3c(c2F)CCNC3)c(C)c1.Cl. The van der Waals surface area contributed by atoms with Crippen molar-refractivity contribution in [3.8, 4) is 5.75 Å². The second kappa shape index (κ2) is 8.52. The Morgan fingerprint density at radius 3 is 2.62 bits per heavy atom. The molecule has 1 aliphatic heterocycles. The molecule has 1 heterocycles. The maximum Gasteiger partial charge on any atom is 0.262 e. The molecule has 6 heteroatoms. The highest BCUT2D eigenvalue weighted by Crippen LogP contribution is 2.26. The minimum Gasteiger partial charge on any atom is -0.483 e. The molecule has 0 radical (unpaired) electrons. The zero-order chi connectivity index (χ0) is 18.0. The van der Waals surface area contributed by atoms with Crippen molar-refractivity contribution in [3.63, 3.8) is 0 Å². The first-order chi connectivity index (χ1) is 12.0. The van der Waals surface area contributed by atoms with Crippen LogP contribution in [0.3, 0.4) is 0 Å². The highest BCUT2D eigenvalue weighted by Gasteiger charge is 2.18. The summed E-state index contributed by atoms with van der Waals surface area (Å²) in [6.45, 7) is 7.18. The Bertz CT molecular complexity index is 801. The fourth-order valence-electron chi connectivity index (χ4n) is 3.35. The molecule has 0 spiro atoms. The van der Waals surface area contributed by atoms with E-state index in [1.165, 1.54) is 0 Å². The Morgan fingerprint density at radius 1 is 1.23 bits per heavy atom. The number of ether oxygens (including phenoxy) is 1. The number of amides is 1. The van der Waals surface area contributed by atoms with Crippen molar-refractivity contribution >= 4 is 24.0 Å². The van der Waals surface area contributed by atoms with E-state index in [0.717, 1.165) is 28.8 Å². The fraction of sp³-hybridized carbons (Fsp3) is 0.350. The fourth-order valence-corrected chi connectivity index (χ4v) is 3.35. The first kappa shape index (κ1) is 20.2. The number of hydrogen-bond donors (Lipinski definition) is 2. The predicted molar refractivity (Wildman–Crippen MR) is 104 cm³/mol. The van der Waals surface area contributed by atoms with Gasteiger partial charge in [-0.3, -0.25) is 4.79 Å². The van der Waals surface area contributed by atoms with Crippen molar-refractivity contribution in [1.29, 1.82) is 0 Å². The molecule has 0 saturated heterocycles. The number of aryl methyl sites for hydroxylation is 3. The summed E-state index contributed by atoms with van der Waals surface area (Å²) in [4.78, 5) is 12.2. The smallest absolute Gasteiger partial charge is 0.262 e. The third kappa shape index (κ3) is 4.34. The van der Waals surface area contributed by atoms with Crippen LogP contribution in [-0.2, 0) is 17.8 Å². The Labute approximate surface area is 159 Å². The van der Waals surface area contributed by atoms with Gasteiger partial charge in [0.05, 0.1) is 5.69 Å². The largest absolute Gasteiger partial charge is 0.483 e. The van der Waals surface area contributed by atoms with Gasteiger partial charge in [-0.1, -0.05) is 23.8 Å². The van der Waals surface area contributed by atoms with Crippen LogP contribution in [0.25, 0.3) is 0 Å². The van der Waals surface area contributed by atoms with E-state index in [9.17, 15) is 9.18 Å². The number of nitrogens with one attached hydrogen (secondary N) is 2. The quantitative estimate of drug-likeness (QED) is 0.850. The summed E-state index contributed by atoms with van der Waals surface area (Å²) in [7, 11) is 0. The van der Waals surface area contributed by atoms with Crippen molar-refractivity contribution in [2.24, 2.45) is 0 Å². The van der Waals surface area contributed by atoms with Crippen LogP contribution in [-0.4, -0.2) is 19.1 Å². The zero-order valence-electron chi connectivity index (χ0n) is 15.2. The van der Waals surface area contributed by atoms with Gasteiger partial charge in [0.15, 0.2) is 6.61 Å². The van der Waals surface area contributed by atoms with Crippen molar-refractivity contribution in [3.05, 3.63) is 57.9 Å². The summed E-state index contributed by atoms with van der Waals surface area (Å²) in [5.41, 5.74) is 4.96. The second-order valence-electron chi connectivity index (χ2n) is 6.56. The molecule has 0 bridgehead atoms. The van der Waals surface area contributed by atoms with Crippen LogP contribution in [0.5, 0.6) is 5.75 Å². The minimum absolute atomic E-state index is 0. The average molecular weight is 379 g/mol. The number of halogens is 2. The highest BCUT2D eigenvalue weighted by atomic mass is 35.5. The monoisotopic (exact) mass is 378 g/mol. The first-order valence-electron chi connectivity index (χ1n) is 8.47. The van der Waals surface area contributed by atoms with Gasteiger partial charge in [0.25, 0.3) is 5.91 Å². The molecular weight excluding hydrogens is 355 g/mol. The Morgan fingerprint density at radius 2 is 1.92 bits per heavy atom. The molecule has 0 aromatic heterocycles. The Balaban J connectivity index is 0.00000243. The van der Waals surface area contributed by atoms with Gasteiger partial charge in [0, 0.05) is 6.54 Å². The molecule has 140 valence electrons. The van der Waals surface area contributed by atoms with Gasteiger partial charge in [-0.25, -0.2) is 4.39 Å². The number of carbonyl (C=O) groups is 1. The van der Waals surface area contributed by atoms with Crippen molar-refractivity contribution < 1.29 is 13.9 Å². The number of benzene rings is 2. The summed E-state index contributed by atoms with van der Waals surface area (Å²) in [5.74, 6) is -0.0000521. The van der Waals surface area contributed by atoms with Crippen LogP contribution in [0.15, 0.2) is 24.3 Å². The third-order valence-corrected chi connectivity index (χ3v) is 4.43. The first-order valence-corrected chi connectivity index (χ1v) is 8.47. The molecule has 0 atom stereocenters. The van der Waals surface area contributed by atoms with E-state index in [1.807, 2.05) is 39.0 Å². The third-order valence-electron chi connectivity index (χ3n) is 4.43. The van der Waals surface area contributed by atoms with Crippen LogP contribution < -0.4 is 15.4 Å². The number of hydrogen-bond acceptors (Lipinski definition) is 3. The van der Waals surface area contributed by atoms with Crippen LogP contribution in [0.1, 0.15) is 27.8 Å². The molecule has 2 aromatic carbocycles. The molecule has 2 N–H and O–H groups in total. The number of rotatable bonds is 4. The molecule has 0 unspecified atom stereocenters. The number of anilines is 1. The van der Waals surface area contributed by atoms with E-state index >= 15 is 0 Å². The lowest BCUT2D eigenvalue weighted by Crippen LogP contribution is -2.26. The molecule has 2 aromatic rings. The van der Waals surface area contributed by atoms with E-state index in [4.69, 9.17) is 4.74 Å². The van der Waals surface area contributed by atoms with Crippen LogP contribution in [0, 0.1) is 26.6 Å². The summed E-state index contributed by atoms with van der Waals surface area (Å²) in [5, 5.41) is 5.83. The summed E-state index contributed by atoms with van der Waals surface area (Å²) in [6, 6.07) is 7.49. The van der Waals surface area contributed by atoms with Gasteiger partial charge in [-0.2, -0.15) is 0 Å². The van der Waals surface area contributed by atoms with Gasteiger partial charge >= 0.3 is 0 Å². The van der Waals surface area contributed by atoms with Crippen molar-refractivity contribution in [2.75, 3.05) is 18.5 Å². The second-order valence-corrected chi connectivity index (χ2v) is 6.56. The number of fused-ring (bicyclic) bond motifs is 1. The average Bonchev–Trinajstić information content (AvgIpc) is 2.56. The lowest BCUT2D eigenvalue weighted by molar-refractivity contribution is -0.118. The van der Waals surface area contributed by atoms with Crippen LogP contribution in [0.2, 0.25) is 0 Å². The topological polar surface area (TPSA) is 50.4 Å². The highest BCUT2D eigenvalue weighted by molar-refractivity contribution is 5.92. The maximum atomic E-state index is 14.6. The molecule has 0 fully saturated rings. The van der Waals surface area contributed by atoms with Gasteiger partial charge in [-0.05, 0) is 62.1 Å². The van der Waals surface area contributed by atoms with Crippen LogP contribution >= 0.6 is 12.4 Å². The summed E-state index contributed by atoms with van der Waals surface area (Å²) >= 11 is 0. The molecule has 0 saturated carbocycles. The molecule has 3 rings (SSSR count). The van der Waals surface area contributed by atoms with Crippen LogP contribution in [0.4, 0.5) is 10.1 Å². The van der Waals surface area contributed by atoms with Gasteiger partial charge < -0.3 is 15.4 Å². The normalized spacial score (nSPS) is 12.8. The van der Waals surface area contributed by atoms with Gasteiger partial charge in [-0.15, -0.1) is 12.4 Å². The molecular formula is C20H24ClFN2O2. The van der Waals surface area contributed by atoms with E-state index < -0.39 is 0 Å². The minimum atomic E-state index is -0.368. The Hall–Kier alpha value is -2.11. The van der Waals surface area contributed by atoms with E-state index in [-0.39, 0.29) is 36.4 Å². The van der Waals surface area contributed by atoms with Gasteiger partial charge in [0.2, 0.25) is 0 Å². The zero-order valence-corrected chi connectivity index (χ0v) is 16.1. The summed E-state index contributed by atoms with van der Waals surface area (Å²) in [6.07, 6.45) is 0.628.